The summed E-state index contributed by atoms with van der Waals surface area (Å²) in [5.74, 6) is -2.67. The lowest BCUT2D eigenvalue weighted by atomic mass is 10.3. The molecule has 0 fully saturated rings. The second kappa shape index (κ2) is 5.74. The van der Waals surface area contributed by atoms with Crippen molar-refractivity contribution in [1.29, 1.82) is 0 Å². The molecule has 0 unspecified atom stereocenters. The molecular weight excluding hydrogens is 205 g/mol. The smallest absolute Gasteiger partial charge is 0.361 e. The van der Waals surface area contributed by atoms with Crippen LogP contribution in [0.4, 0.5) is 8.78 Å². The molecule has 1 rings (SSSR count). The summed E-state index contributed by atoms with van der Waals surface area (Å²) in [6.07, 6.45) is 0. The number of nitrogens with zero attached hydrogens (tertiary/aromatic N) is 2. The van der Waals surface area contributed by atoms with E-state index in [-0.39, 0.29) is 5.75 Å². The van der Waals surface area contributed by atoms with Crippen LogP contribution in [-0.4, -0.2) is 20.0 Å². The summed E-state index contributed by atoms with van der Waals surface area (Å²) in [5.41, 5.74) is 0. The van der Waals surface area contributed by atoms with Gasteiger partial charge in [-0.3, -0.25) is 0 Å². The number of hydrogen-bond donors (Lipinski definition) is 0. The van der Waals surface area contributed by atoms with E-state index in [4.69, 9.17) is 0 Å². The summed E-state index contributed by atoms with van der Waals surface area (Å²) >= 11 is 0. The van der Waals surface area contributed by atoms with Crippen molar-refractivity contribution in [3.63, 3.8) is 0 Å². The second-order valence-corrected chi connectivity index (χ2v) is 2.35. The molecule has 0 heterocycles. The predicted octanol–water partition coefficient (Wildman–Crippen LogP) is 1.20. The maximum Gasteiger partial charge on any atom is 0.361 e. The number of halogens is 2. The van der Waals surface area contributed by atoms with Gasteiger partial charge >= 0.3 is 20.0 Å². The van der Waals surface area contributed by atoms with Crippen molar-refractivity contribution in [3.8, 4) is 5.75 Å². The largest absolute Gasteiger partial charge is 0.477 e. The molecule has 0 N–H and O–H groups in total. The highest BCUT2D eigenvalue weighted by molar-refractivity contribution is 6.34. The molecule has 78 valence electrons. The van der Waals surface area contributed by atoms with Crippen LogP contribution in [-0.2, 0) is 4.76 Å². The fraction of sp³-hybridized carbons (Fsp3) is 0. The van der Waals surface area contributed by atoms with Gasteiger partial charge in [0.15, 0.2) is 5.75 Å². The van der Waals surface area contributed by atoms with Crippen LogP contribution in [0.1, 0.15) is 0 Å². The third-order valence-electron chi connectivity index (χ3n) is 1.32. The summed E-state index contributed by atoms with van der Waals surface area (Å²) in [5, 5.41) is 5.58. The zero-order chi connectivity index (χ0) is 11.1. The lowest BCUT2D eigenvalue weighted by molar-refractivity contribution is 0.333. The van der Waals surface area contributed by atoms with Crippen LogP contribution in [0.2, 0.25) is 0 Å². The van der Waals surface area contributed by atoms with E-state index in [9.17, 15) is 8.78 Å². The topological polar surface area (TPSA) is 43.2 Å². The summed E-state index contributed by atoms with van der Waals surface area (Å²) in [4.78, 5) is 4.57. The first-order chi connectivity index (χ1) is 7.24. The molecule has 0 aliphatic rings. The van der Waals surface area contributed by atoms with Gasteiger partial charge in [0.2, 0.25) is 0 Å². The van der Waals surface area contributed by atoms with Gasteiger partial charge in [0.25, 0.3) is 0 Å². The van der Waals surface area contributed by atoms with E-state index in [2.05, 4.69) is 19.9 Å². The van der Waals surface area contributed by atoms with E-state index >= 15 is 0 Å². The lowest BCUT2D eigenvalue weighted by Gasteiger charge is -1.96. The van der Waals surface area contributed by atoms with Crippen molar-refractivity contribution in [1.82, 2.24) is 0 Å². The van der Waals surface area contributed by atoms with Gasteiger partial charge in [-0.1, -0.05) is 23.4 Å². The third-order valence-corrected chi connectivity index (χ3v) is 1.32. The molecule has 0 saturated carbocycles. The summed E-state index contributed by atoms with van der Waals surface area (Å²) < 4.78 is 29.3. The zero-order valence-electron chi connectivity index (χ0n) is 7.85. The lowest BCUT2D eigenvalue weighted by Crippen LogP contribution is -2.04. The molecule has 0 saturated heterocycles. The Bertz CT molecular complexity index is 370. The van der Waals surface area contributed by atoms with E-state index in [1.54, 1.807) is 30.3 Å². The normalized spacial score (nSPS) is 12.4. The van der Waals surface area contributed by atoms with E-state index in [0.717, 1.165) is 8.05 Å². The summed E-state index contributed by atoms with van der Waals surface area (Å²) in [7, 11) is 1.09. The van der Waals surface area contributed by atoms with Gasteiger partial charge in [-0.15, -0.1) is 0 Å². The molecule has 4 nitrogen and oxygen atoms in total. The maximum absolute atomic E-state index is 12.7. The number of hydrogen-bond acceptors (Lipinski definition) is 4. The number of rotatable bonds is 4. The van der Waals surface area contributed by atoms with Gasteiger partial charge in [0.05, 0.1) is 0 Å². The van der Waals surface area contributed by atoms with Crippen LogP contribution < -0.4 is 4.84 Å². The quantitative estimate of drug-likeness (QED) is 0.427. The zero-order valence-corrected chi connectivity index (χ0v) is 7.85. The Kier molecular flexibility index (Phi) is 4.27. The van der Waals surface area contributed by atoms with Crippen molar-refractivity contribution >= 4 is 20.0 Å². The van der Waals surface area contributed by atoms with Crippen molar-refractivity contribution in [2.24, 2.45) is 10.3 Å². The fourth-order valence-electron chi connectivity index (χ4n) is 0.730. The number of benzene rings is 1. The van der Waals surface area contributed by atoms with E-state index < -0.39 is 11.9 Å². The summed E-state index contributed by atoms with van der Waals surface area (Å²) in [6.45, 7) is 0. The minimum Gasteiger partial charge on any atom is -0.477 e. The van der Waals surface area contributed by atoms with Crippen LogP contribution in [0, 0.1) is 0 Å². The molecule has 0 spiro atoms. The summed E-state index contributed by atoms with van der Waals surface area (Å²) in [6, 6.07) is 8.18. The van der Waals surface area contributed by atoms with Gasteiger partial charge in [-0.25, -0.2) is 0 Å². The molecule has 0 aliphatic heterocycles. The monoisotopic (exact) mass is 212 g/mol. The van der Waals surface area contributed by atoms with Gasteiger partial charge in [-0.2, -0.15) is 8.78 Å². The Hall–Kier alpha value is -1.92. The minimum atomic E-state index is -1.49. The first-order valence-corrected chi connectivity index (χ1v) is 3.96. The van der Waals surface area contributed by atoms with E-state index in [1.165, 1.54) is 0 Å². The molecule has 0 aromatic heterocycles. The second-order valence-electron chi connectivity index (χ2n) is 2.35. The van der Waals surface area contributed by atoms with Crippen molar-refractivity contribution in [3.05, 3.63) is 30.3 Å². The Morgan fingerprint density at radius 3 is 2.27 bits per heavy atom. The van der Waals surface area contributed by atoms with Gasteiger partial charge in [0.1, 0.15) is 0 Å². The molecule has 0 amide bonds. The van der Waals surface area contributed by atoms with Crippen LogP contribution >= 0.6 is 0 Å². The Morgan fingerprint density at radius 1 is 1.07 bits per heavy atom. The van der Waals surface area contributed by atoms with Crippen LogP contribution in [0.3, 0.4) is 0 Å². The van der Waals surface area contributed by atoms with Gasteiger partial charge in [0, 0.05) is 0 Å². The molecule has 1 aromatic carbocycles. The van der Waals surface area contributed by atoms with Crippen LogP contribution in [0.25, 0.3) is 0 Å². The van der Waals surface area contributed by atoms with E-state index in [0.29, 0.717) is 0 Å². The highest BCUT2D eigenvalue weighted by Crippen LogP contribution is 2.08. The molecule has 0 radical (unpaired) electrons. The molecule has 0 aliphatic carbocycles. The average Bonchev–Trinajstić information content (AvgIpc) is 2.27. The van der Waals surface area contributed by atoms with Gasteiger partial charge < -0.3 is 9.59 Å². The molecule has 0 atom stereocenters. The first kappa shape index (κ1) is 11.2. The highest BCUT2D eigenvalue weighted by Gasteiger charge is 2.08. The van der Waals surface area contributed by atoms with Crippen LogP contribution in [0.5, 0.6) is 5.75 Å². The first-order valence-electron chi connectivity index (χ1n) is 3.96. The number of para-hydroxylation sites is 1. The average molecular weight is 212 g/mol. The SMILES string of the molecule is BO/N=C(F)/C(F)=N/Oc1ccccc1. The van der Waals surface area contributed by atoms with Crippen LogP contribution in [0.15, 0.2) is 40.6 Å². The minimum absolute atomic E-state index is 0.290. The third kappa shape index (κ3) is 3.76. The molecule has 7 heteroatoms. The van der Waals surface area contributed by atoms with Crippen molar-refractivity contribution in [2.75, 3.05) is 0 Å². The Balaban J connectivity index is 2.62. The standard InChI is InChI=1S/C8H7BF2N2O2/c9-15-13-8(11)7(10)12-14-6-4-2-1-3-5-6/h1-5H,9H2/b12-7-,13-8-. The predicted molar refractivity (Wildman–Crippen MR) is 53.8 cm³/mol. The molecular formula is C8H7BF2N2O2. The Morgan fingerprint density at radius 2 is 1.67 bits per heavy atom. The number of oxime groups is 2. The maximum atomic E-state index is 12.7. The molecule has 15 heavy (non-hydrogen) atoms. The van der Waals surface area contributed by atoms with Gasteiger partial charge in [-0.05, 0) is 17.3 Å². The molecule has 0 bridgehead atoms. The fourth-order valence-corrected chi connectivity index (χ4v) is 0.730. The van der Waals surface area contributed by atoms with E-state index in [1.807, 2.05) is 0 Å². The van der Waals surface area contributed by atoms with Crippen molar-refractivity contribution in [2.45, 2.75) is 0 Å². The highest BCUT2D eigenvalue weighted by atomic mass is 19.2. The molecule has 1 aromatic rings. The van der Waals surface area contributed by atoms with Crippen molar-refractivity contribution < 1.29 is 18.4 Å². The Labute approximate surface area is 85.6 Å².